The number of hydrogen-bond acceptors (Lipinski definition) is 0. The van der Waals surface area contributed by atoms with Gasteiger partial charge in [-0.25, -0.2) is 0 Å². The van der Waals surface area contributed by atoms with E-state index in [0.717, 1.165) is 12.0 Å². The van der Waals surface area contributed by atoms with E-state index in [1.165, 1.54) is 27.8 Å². The Morgan fingerprint density at radius 3 is 2.69 bits per heavy atom. The van der Waals surface area contributed by atoms with E-state index in [4.69, 9.17) is 0 Å². The molecule has 0 spiro atoms. The monoisotopic (exact) mass is 206 g/mol. The molecule has 0 N–H and O–H groups in total. The molecule has 1 aromatic rings. The first-order valence-corrected chi connectivity index (χ1v) is 5.64. The predicted molar refractivity (Wildman–Crippen MR) is 69.9 cm³/mol. The fourth-order valence-electron chi connectivity index (χ4n) is 2.57. The molecule has 2 aliphatic rings. The van der Waals surface area contributed by atoms with E-state index in [1.807, 2.05) is 0 Å². The van der Waals surface area contributed by atoms with Crippen LogP contribution in [0.4, 0.5) is 0 Å². The van der Waals surface area contributed by atoms with Crippen LogP contribution in [0.15, 0.2) is 60.2 Å². The molecule has 0 amide bonds. The Morgan fingerprint density at radius 1 is 1.12 bits per heavy atom. The average Bonchev–Trinajstić information content (AvgIpc) is 2.74. The molecule has 3 rings (SSSR count). The van der Waals surface area contributed by atoms with Gasteiger partial charge in [-0.3, -0.25) is 0 Å². The predicted octanol–water partition coefficient (Wildman–Crippen LogP) is 4.37. The average molecular weight is 206 g/mol. The van der Waals surface area contributed by atoms with Crippen molar-refractivity contribution in [2.75, 3.05) is 0 Å². The third-order valence-electron chi connectivity index (χ3n) is 3.35. The van der Waals surface area contributed by atoms with Gasteiger partial charge in [0.15, 0.2) is 0 Å². The highest BCUT2D eigenvalue weighted by atomic mass is 14.2. The Hall–Kier alpha value is -1.82. The van der Waals surface area contributed by atoms with Gasteiger partial charge in [0, 0.05) is 0 Å². The molecule has 0 saturated heterocycles. The minimum Gasteiger partial charge on any atom is -0.0911 e. The van der Waals surface area contributed by atoms with Gasteiger partial charge in [0.05, 0.1) is 0 Å². The first kappa shape index (κ1) is 9.41. The van der Waals surface area contributed by atoms with Crippen molar-refractivity contribution < 1.29 is 0 Å². The standard InChI is InChI=1S/C16H14/c1-11-10-12(2)14-8-5-9-16(14)15-7-4-3-6-13(11)15/h3-8,10H,1,9H2,2H3. The van der Waals surface area contributed by atoms with Gasteiger partial charge in [0.2, 0.25) is 0 Å². The number of rotatable bonds is 0. The van der Waals surface area contributed by atoms with Gasteiger partial charge >= 0.3 is 0 Å². The van der Waals surface area contributed by atoms with Crippen LogP contribution in [0, 0.1) is 0 Å². The molecule has 0 aromatic heterocycles. The second-order valence-corrected chi connectivity index (χ2v) is 4.40. The molecule has 0 saturated carbocycles. The topological polar surface area (TPSA) is 0 Å². The van der Waals surface area contributed by atoms with Crippen LogP contribution in [0.1, 0.15) is 24.5 Å². The molecule has 0 radical (unpaired) electrons. The van der Waals surface area contributed by atoms with Crippen LogP contribution in [0.2, 0.25) is 0 Å². The molecule has 0 aliphatic heterocycles. The van der Waals surface area contributed by atoms with Crippen molar-refractivity contribution in [1.29, 1.82) is 0 Å². The minimum absolute atomic E-state index is 1.05. The normalized spacial score (nSPS) is 18.1. The van der Waals surface area contributed by atoms with Crippen molar-refractivity contribution in [2.24, 2.45) is 0 Å². The van der Waals surface area contributed by atoms with Crippen molar-refractivity contribution in [3.8, 4) is 0 Å². The van der Waals surface area contributed by atoms with Crippen molar-refractivity contribution >= 4 is 11.1 Å². The highest BCUT2D eigenvalue weighted by Gasteiger charge is 2.19. The third-order valence-corrected chi connectivity index (χ3v) is 3.35. The molecule has 0 nitrogen and oxygen atoms in total. The number of allylic oxidation sites excluding steroid dienone is 7. The van der Waals surface area contributed by atoms with E-state index in [9.17, 15) is 0 Å². The molecule has 0 heteroatoms. The summed E-state index contributed by atoms with van der Waals surface area (Å²) < 4.78 is 0. The molecule has 0 atom stereocenters. The van der Waals surface area contributed by atoms with Gasteiger partial charge in [-0.05, 0) is 46.8 Å². The Kier molecular flexibility index (Phi) is 1.97. The van der Waals surface area contributed by atoms with Gasteiger partial charge in [-0.2, -0.15) is 0 Å². The Bertz CT molecular complexity index is 565. The van der Waals surface area contributed by atoms with E-state index >= 15 is 0 Å². The molecule has 0 unspecified atom stereocenters. The van der Waals surface area contributed by atoms with Gasteiger partial charge in [-0.15, -0.1) is 0 Å². The molecule has 78 valence electrons. The van der Waals surface area contributed by atoms with Crippen molar-refractivity contribution in [3.63, 3.8) is 0 Å². The fraction of sp³-hybridized carbons (Fsp3) is 0.125. The van der Waals surface area contributed by atoms with Crippen molar-refractivity contribution in [1.82, 2.24) is 0 Å². The summed E-state index contributed by atoms with van der Waals surface area (Å²) in [6, 6.07) is 8.56. The Labute approximate surface area is 96.3 Å². The second-order valence-electron chi connectivity index (χ2n) is 4.40. The van der Waals surface area contributed by atoms with Crippen LogP contribution < -0.4 is 0 Å². The summed E-state index contributed by atoms with van der Waals surface area (Å²) in [6.07, 6.45) is 7.71. The molecular formula is C16H14. The van der Waals surface area contributed by atoms with E-state index in [1.54, 1.807) is 0 Å². The van der Waals surface area contributed by atoms with Crippen LogP contribution >= 0.6 is 0 Å². The lowest BCUT2D eigenvalue weighted by atomic mass is 9.95. The van der Waals surface area contributed by atoms with Crippen LogP contribution in [0.5, 0.6) is 0 Å². The van der Waals surface area contributed by atoms with E-state index in [2.05, 4.69) is 56.0 Å². The molecule has 1 aromatic carbocycles. The van der Waals surface area contributed by atoms with Gasteiger partial charge in [-0.1, -0.05) is 49.1 Å². The molecule has 2 aliphatic carbocycles. The van der Waals surface area contributed by atoms with E-state index in [-0.39, 0.29) is 0 Å². The zero-order chi connectivity index (χ0) is 11.1. The maximum atomic E-state index is 4.17. The third kappa shape index (κ3) is 1.23. The van der Waals surface area contributed by atoms with Crippen LogP contribution in [-0.4, -0.2) is 0 Å². The lowest BCUT2D eigenvalue weighted by molar-refractivity contribution is 1.40. The highest BCUT2D eigenvalue weighted by Crippen LogP contribution is 2.39. The van der Waals surface area contributed by atoms with Crippen LogP contribution in [0.3, 0.4) is 0 Å². The summed E-state index contributed by atoms with van der Waals surface area (Å²) in [6.45, 7) is 6.33. The first-order valence-electron chi connectivity index (χ1n) is 5.64. The maximum absolute atomic E-state index is 4.17. The second kappa shape index (κ2) is 3.34. The summed E-state index contributed by atoms with van der Waals surface area (Å²) in [4.78, 5) is 0. The lowest BCUT2D eigenvalue weighted by Crippen LogP contribution is -1.89. The molecular weight excluding hydrogens is 192 g/mol. The fourth-order valence-corrected chi connectivity index (χ4v) is 2.57. The van der Waals surface area contributed by atoms with Crippen molar-refractivity contribution in [3.05, 3.63) is 71.3 Å². The molecule has 0 fully saturated rings. The lowest BCUT2D eigenvalue weighted by Gasteiger charge is -2.09. The number of hydrogen-bond donors (Lipinski definition) is 0. The van der Waals surface area contributed by atoms with Gasteiger partial charge in [0.25, 0.3) is 0 Å². The molecule has 16 heavy (non-hydrogen) atoms. The Balaban J connectivity index is 2.33. The van der Waals surface area contributed by atoms with Crippen molar-refractivity contribution in [2.45, 2.75) is 13.3 Å². The van der Waals surface area contributed by atoms with E-state index < -0.39 is 0 Å². The zero-order valence-electron chi connectivity index (χ0n) is 9.46. The summed E-state index contributed by atoms with van der Waals surface area (Å²) in [7, 11) is 0. The first-order chi connectivity index (χ1) is 7.77. The summed E-state index contributed by atoms with van der Waals surface area (Å²) in [5, 5.41) is 0. The summed E-state index contributed by atoms with van der Waals surface area (Å²) in [5.41, 5.74) is 7.89. The molecule has 0 bridgehead atoms. The smallest absolute Gasteiger partial charge is 0.00819 e. The Morgan fingerprint density at radius 2 is 1.88 bits per heavy atom. The van der Waals surface area contributed by atoms with Gasteiger partial charge in [0.1, 0.15) is 0 Å². The largest absolute Gasteiger partial charge is 0.0911 e. The number of fused-ring (bicyclic) bond motifs is 2. The van der Waals surface area contributed by atoms with E-state index in [0.29, 0.717) is 0 Å². The quantitative estimate of drug-likeness (QED) is 0.591. The SMILES string of the molecule is C=C1C=C(C)C2=C(CC=C2)c2ccccc21. The van der Waals surface area contributed by atoms with Crippen LogP contribution in [0.25, 0.3) is 11.1 Å². The van der Waals surface area contributed by atoms with Crippen LogP contribution in [-0.2, 0) is 0 Å². The maximum Gasteiger partial charge on any atom is -0.00819 e. The molecule has 0 heterocycles. The van der Waals surface area contributed by atoms with Gasteiger partial charge < -0.3 is 0 Å². The number of benzene rings is 1. The summed E-state index contributed by atoms with van der Waals surface area (Å²) in [5.74, 6) is 0. The minimum atomic E-state index is 1.05. The summed E-state index contributed by atoms with van der Waals surface area (Å²) >= 11 is 0. The zero-order valence-corrected chi connectivity index (χ0v) is 9.46. The highest BCUT2D eigenvalue weighted by molar-refractivity contribution is 5.91.